The van der Waals surface area contributed by atoms with Gasteiger partial charge in [-0.15, -0.1) is 0 Å². The lowest BCUT2D eigenvalue weighted by molar-refractivity contribution is -0.118. The molecular weight excluding hydrogens is 699 g/mol. The van der Waals surface area contributed by atoms with Gasteiger partial charge >= 0.3 is 0 Å². The second kappa shape index (κ2) is 14.4. The molecule has 1 aliphatic rings. The van der Waals surface area contributed by atoms with E-state index in [1.165, 1.54) is 37.7 Å². The van der Waals surface area contributed by atoms with Crippen molar-refractivity contribution in [1.82, 2.24) is 10.2 Å². The number of rotatable bonds is 12. The van der Waals surface area contributed by atoms with E-state index in [0.29, 0.717) is 42.9 Å². The van der Waals surface area contributed by atoms with E-state index in [1.807, 2.05) is 22.6 Å². The summed E-state index contributed by atoms with van der Waals surface area (Å²) in [6.07, 6.45) is 2.04. The van der Waals surface area contributed by atoms with E-state index < -0.39 is 30.1 Å². The highest BCUT2D eigenvalue weighted by atomic mass is 127. The number of ether oxygens (including phenoxy) is 3. The molecule has 2 aromatic heterocycles. The topological polar surface area (TPSA) is 164 Å². The lowest BCUT2D eigenvalue weighted by atomic mass is 9.87. The van der Waals surface area contributed by atoms with Gasteiger partial charge in [-0.25, -0.2) is 0 Å². The fourth-order valence-corrected chi connectivity index (χ4v) is 6.05. The SMILES string of the molecule is COc1cc(CO)cc(I)c1O[C@H]1C=C(C(=O)NCCO)C[C@@H](N(Cc2ccoc2)C(=O)c2cc3cccc(OC)c3o2)[C@@H]1O. The molecule has 2 amide bonds. The van der Waals surface area contributed by atoms with Crippen molar-refractivity contribution in [2.24, 2.45) is 0 Å². The van der Waals surface area contributed by atoms with Gasteiger partial charge < -0.3 is 48.6 Å². The highest BCUT2D eigenvalue weighted by Gasteiger charge is 2.42. The maximum absolute atomic E-state index is 14.2. The lowest BCUT2D eigenvalue weighted by Crippen LogP contribution is -2.54. The first kappa shape index (κ1) is 32.3. The number of methoxy groups -OCH3 is 2. The van der Waals surface area contributed by atoms with E-state index in [4.69, 9.17) is 23.0 Å². The molecule has 4 N–H and O–H groups in total. The van der Waals surface area contributed by atoms with Gasteiger partial charge in [-0.2, -0.15) is 0 Å². The van der Waals surface area contributed by atoms with Crippen LogP contribution in [-0.4, -0.2) is 77.7 Å². The Hall–Kier alpha value is -4.05. The summed E-state index contributed by atoms with van der Waals surface area (Å²) in [6.45, 7) is -0.440. The van der Waals surface area contributed by atoms with Crippen molar-refractivity contribution in [3.05, 3.63) is 87.1 Å². The molecule has 2 aromatic carbocycles. The van der Waals surface area contributed by atoms with Gasteiger partial charge in [-0.3, -0.25) is 9.59 Å². The lowest BCUT2D eigenvalue weighted by Gasteiger charge is -2.40. The largest absolute Gasteiger partial charge is 0.493 e. The van der Waals surface area contributed by atoms with Crippen LogP contribution in [-0.2, 0) is 17.9 Å². The Bertz CT molecular complexity index is 1680. The molecule has 2 heterocycles. The van der Waals surface area contributed by atoms with Crippen LogP contribution >= 0.6 is 22.6 Å². The van der Waals surface area contributed by atoms with Crippen LogP contribution < -0.4 is 19.5 Å². The van der Waals surface area contributed by atoms with Crippen molar-refractivity contribution < 1.29 is 48.0 Å². The molecule has 0 aliphatic heterocycles. The Morgan fingerprint density at radius 3 is 2.58 bits per heavy atom. The number of hydrogen-bond acceptors (Lipinski definition) is 10. The monoisotopic (exact) mass is 732 g/mol. The highest BCUT2D eigenvalue weighted by Crippen LogP contribution is 2.38. The van der Waals surface area contributed by atoms with Crippen LogP contribution in [0, 0.1) is 3.57 Å². The number of benzene rings is 2. The number of para-hydroxylation sites is 1. The minimum absolute atomic E-state index is 0.0132. The van der Waals surface area contributed by atoms with Crippen LogP contribution in [0.3, 0.4) is 0 Å². The summed E-state index contributed by atoms with van der Waals surface area (Å²) in [4.78, 5) is 28.9. The van der Waals surface area contributed by atoms with E-state index in [-0.39, 0.29) is 44.1 Å². The van der Waals surface area contributed by atoms with E-state index in [9.17, 15) is 24.9 Å². The Morgan fingerprint density at radius 1 is 1.09 bits per heavy atom. The fourth-order valence-electron chi connectivity index (χ4n) is 5.26. The third-order valence-electron chi connectivity index (χ3n) is 7.47. The predicted octanol–water partition coefficient (Wildman–Crippen LogP) is 3.40. The van der Waals surface area contributed by atoms with Gasteiger partial charge in [0.2, 0.25) is 5.91 Å². The Balaban J connectivity index is 1.56. The molecule has 3 atom stereocenters. The second-order valence-corrected chi connectivity index (χ2v) is 11.5. The van der Waals surface area contributed by atoms with E-state index in [0.717, 1.165) is 0 Å². The minimum Gasteiger partial charge on any atom is -0.493 e. The maximum atomic E-state index is 14.2. The molecule has 0 spiro atoms. The first-order valence-electron chi connectivity index (χ1n) is 14.1. The molecule has 238 valence electrons. The van der Waals surface area contributed by atoms with Crippen molar-refractivity contribution in [3.63, 3.8) is 0 Å². The molecule has 0 unspecified atom stereocenters. The minimum atomic E-state index is -1.31. The molecule has 13 heteroatoms. The fraction of sp³-hybridized carbons (Fsp3) is 0.312. The zero-order valence-electron chi connectivity index (χ0n) is 24.6. The van der Waals surface area contributed by atoms with Crippen LogP contribution in [0.1, 0.15) is 28.1 Å². The number of nitrogens with one attached hydrogen (secondary N) is 1. The van der Waals surface area contributed by atoms with Crippen molar-refractivity contribution in [3.8, 4) is 17.2 Å². The zero-order valence-corrected chi connectivity index (χ0v) is 26.7. The Labute approximate surface area is 272 Å². The second-order valence-electron chi connectivity index (χ2n) is 10.3. The number of amides is 2. The number of furan rings is 2. The number of fused-ring (bicyclic) bond motifs is 1. The van der Waals surface area contributed by atoms with Crippen LogP contribution in [0.4, 0.5) is 0 Å². The average molecular weight is 733 g/mol. The first-order valence-corrected chi connectivity index (χ1v) is 15.2. The van der Waals surface area contributed by atoms with Crippen molar-refractivity contribution in [2.45, 2.75) is 37.8 Å². The zero-order chi connectivity index (χ0) is 32.1. The molecule has 5 rings (SSSR count). The maximum Gasteiger partial charge on any atom is 0.290 e. The van der Waals surface area contributed by atoms with Gasteiger partial charge in [0.05, 0.1) is 49.6 Å². The Kier molecular flexibility index (Phi) is 10.3. The van der Waals surface area contributed by atoms with Crippen molar-refractivity contribution in [2.75, 3.05) is 27.4 Å². The van der Waals surface area contributed by atoms with E-state index >= 15 is 0 Å². The van der Waals surface area contributed by atoms with Gasteiger partial charge in [0.25, 0.3) is 5.91 Å². The van der Waals surface area contributed by atoms with E-state index in [1.54, 1.807) is 42.5 Å². The summed E-state index contributed by atoms with van der Waals surface area (Å²) in [5, 5.41) is 34.1. The van der Waals surface area contributed by atoms with Crippen molar-refractivity contribution >= 4 is 45.4 Å². The van der Waals surface area contributed by atoms with Crippen LogP contribution in [0.25, 0.3) is 11.0 Å². The molecular formula is C32H33IN2O10. The van der Waals surface area contributed by atoms with Crippen LogP contribution in [0.15, 0.2) is 75.5 Å². The third kappa shape index (κ3) is 6.96. The molecule has 0 saturated carbocycles. The number of halogens is 1. The normalized spacial score (nSPS) is 17.9. The predicted molar refractivity (Wildman–Crippen MR) is 170 cm³/mol. The van der Waals surface area contributed by atoms with Gasteiger partial charge in [0, 0.05) is 36.0 Å². The number of aliphatic hydroxyl groups excluding tert-OH is 3. The summed E-state index contributed by atoms with van der Waals surface area (Å²) < 4.78 is 29.1. The quantitative estimate of drug-likeness (QED) is 0.159. The summed E-state index contributed by atoms with van der Waals surface area (Å²) in [7, 11) is 2.96. The summed E-state index contributed by atoms with van der Waals surface area (Å²) in [5.74, 6) is 0.0793. The van der Waals surface area contributed by atoms with Crippen LogP contribution in [0.5, 0.6) is 17.2 Å². The molecule has 0 bridgehead atoms. The number of carbonyl (C=O) groups is 2. The van der Waals surface area contributed by atoms with E-state index in [2.05, 4.69) is 5.32 Å². The Morgan fingerprint density at radius 2 is 1.89 bits per heavy atom. The average Bonchev–Trinajstić information content (AvgIpc) is 3.74. The van der Waals surface area contributed by atoms with Crippen LogP contribution in [0.2, 0.25) is 0 Å². The van der Waals surface area contributed by atoms with Gasteiger partial charge in [0.15, 0.2) is 28.6 Å². The number of aliphatic hydroxyl groups is 3. The summed E-state index contributed by atoms with van der Waals surface area (Å²) in [5.41, 5.74) is 1.90. The smallest absolute Gasteiger partial charge is 0.290 e. The third-order valence-corrected chi connectivity index (χ3v) is 8.27. The number of hydrogen-bond donors (Lipinski definition) is 4. The molecule has 1 aliphatic carbocycles. The molecule has 0 fully saturated rings. The standard InChI is InChI=1S/C32H33IN2O10/c1-41-24-5-3-4-20-13-27(45-29(20)24)32(40)35(15-18-6-9-43-17-18)23-12-21(31(39)34-7-8-36)14-25(28(23)38)44-30-22(33)10-19(16-37)11-26(30)42-2/h3-6,9-11,13-14,17,23,25,28,36-38H,7-8,12,15-16H2,1-2H3,(H,34,39)/t23-,25+,28+/m1/s1. The number of carbonyl (C=O) groups excluding carboxylic acids is 2. The molecule has 0 saturated heterocycles. The van der Waals surface area contributed by atoms with Gasteiger partial charge in [-0.05, 0) is 64.6 Å². The highest BCUT2D eigenvalue weighted by molar-refractivity contribution is 14.1. The molecule has 45 heavy (non-hydrogen) atoms. The number of nitrogens with zero attached hydrogens (tertiary/aromatic N) is 1. The molecule has 0 radical (unpaired) electrons. The van der Waals surface area contributed by atoms with Gasteiger partial charge in [0.1, 0.15) is 12.2 Å². The van der Waals surface area contributed by atoms with Gasteiger partial charge in [-0.1, -0.05) is 12.1 Å². The molecule has 12 nitrogen and oxygen atoms in total. The summed E-state index contributed by atoms with van der Waals surface area (Å²) in [6, 6.07) is 11.0. The first-order chi connectivity index (χ1) is 21.8. The van der Waals surface area contributed by atoms with Crippen molar-refractivity contribution in [1.29, 1.82) is 0 Å². The molecule has 4 aromatic rings. The summed E-state index contributed by atoms with van der Waals surface area (Å²) >= 11 is 2.04.